The highest BCUT2D eigenvalue weighted by Gasteiger charge is 1.99. The standard InChI is InChI=1S/C13H17NO/c1-3-12(10-15)9-14-11(2)13-7-5-4-6-8-13/h3,5,7-9,15H,2,4,6,10H2,1H3/b12-3+,14-9?. The Morgan fingerprint density at radius 3 is 2.93 bits per heavy atom. The molecule has 80 valence electrons. The van der Waals surface area contributed by atoms with E-state index in [-0.39, 0.29) is 6.61 Å². The lowest BCUT2D eigenvalue weighted by Gasteiger charge is -2.05. The molecule has 0 aliphatic heterocycles. The number of allylic oxidation sites excluding steroid dienone is 4. The van der Waals surface area contributed by atoms with E-state index in [2.05, 4.69) is 23.7 Å². The van der Waals surface area contributed by atoms with Crippen molar-refractivity contribution in [2.24, 2.45) is 4.99 Å². The highest BCUT2D eigenvalue weighted by Crippen LogP contribution is 2.17. The molecule has 1 aliphatic carbocycles. The first-order valence-corrected chi connectivity index (χ1v) is 5.14. The van der Waals surface area contributed by atoms with Crippen LogP contribution in [0.2, 0.25) is 0 Å². The van der Waals surface area contributed by atoms with Gasteiger partial charge >= 0.3 is 0 Å². The van der Waals surface area contributed by atoms with Crippen molar-refractivity contribution in [1.29, 1.82) is 0 Å². The summed E-state index contributed by atoms with van der Waals surface area (Å²) in [6.45, 7) is 5.78. The fourth-order valence-electron chi connectivity index (χ4n) is 1.27. The number of aliphatic hydroxyl groups excluding tert-OH is 1. The van der Waals surface area contributed by atoms with Crippen molar-refractivity contribution in [3.8, 4) is 0 Å². The number of hydrogen-bond donors (Lipinski definition) is 1. The van der Waals surface area contributed by atoms with Crippen molar-refractivity contribution in [3.05, 3.63) is 47.7 Å². The summed E-state index contributed by atoms with van der Waals surface area (Å²) in [7, 11) is 0. The second kappa shape index (κ2) is 6.14. The van der Waals surface area contributed by atoms with Gasteiger partial charge in [-0.3, -0.25) is 4.99 Å². The molecule has 0 radical (unpaired) electrons. The van der Waals surface area contributed by atoms with Gasteiger partial charge in [0.05, 0.1) is 12.3 Å². The van der Waals surface area contributed by atoms with Gasteiger partial charge in [-0.25, -0.2) is 0 Å². The van der Waals surface area contributed by atoms with Gasteiger partial charge in [0.15, 0.2) is 0 Å². The Kier molecular flexibility index (Phi) is 4.78. The maximum atomic E-state index is 8.93. The number of rotatable bonds is 4. The van der Waals surface area contributed by atoms with Crippen LogP contribution in [-0.2, 0) is 0 Å². The van der Waals surface area contributed by atoms with E-state index in [1.54, 1.807) is 6.21 Å². The molecule has 0 fully saturated rings. The highest BCUT2D eigenvalue weighted by atomic mass is 16.3. The van der Waals surface area contributed by atoms with Crippen LogP contribution in [0.25, 0.3) is 0 Å². The molecule has 0 aromatic heterocycles. The van der Waals surface area contributed by atoms with Crippen LogP contribution in [0.5, 0.6) is 0 Å². The molecule has 0 saturated heterocycles. The third-order valence-electron chi connectivity index (χ3n) is 2.27. The van der Waals surface area contributed by atoms with Crippen molar-refractivity contribution in [2.75, 3.05) is 6.61 Å². The Hall–Kier alpha value is -1.41. The third-order valence-corrected chi connectivity index (χ3v) is 2.27. The minimum atomic E-state index is 0.0160. The normalized spacial score (nSPS) is 16.9. The van der Waals surface area contributed by atoms with Crippen LogP contribution in [0.15, 0.2) is 52.7 Å². The van der Waals surface area contributed by atoms with Crippen LogP contribution in [0.1, 0.15) is 19.8 Å². The summed E-state index contributed by atoms with van der Waals surface area (Å²) < 4.78 is 0. The molecule has 1 N–H and O–H groups in total. The minimum Gasteiger partial charge on any atom is -0.392 e. The highest BCUT2D eigenvalue weighted by molar-refractivity contribution is 5.80. The first kappa shape index (κ1) is 11.7. The van der Waals surface area contributed by atoms with E-state index in [4.69, 9.17) is 5.11 Å². The van der Waals surface area contributed by atoms with Gasteiger partial charge in [-0.1, -0.05) is 30.9 Å². The fraction of sp³-hybridized carbons (Fsp3) is 0.308. The van der Waals surface area contributed by atoms with E-state index in [9.17, 15) is 0 Å². The zero-order chi connectivity index (χ0) is 11.1. The molecule has 2 heteroatoms. The second-order valence-corrected chi connectivity index (χ2v) is 3.37. The van der Waals surface area contributed by atoms with Gasteiger partial charge in [0.25, 0.3) is 0 Å². The first-order chi connectivity index (χ1) is 7.27. The largest absolute Gasteiger partial charge is 0.392 e. The van der Waals surface area contributed by atoms with E-state index < -0.39 is 0 Å². The molecule has 0 unspecified atom stereocenters. The summed E-state index contributed by atoms with van der Waals surface area (Å²) in [4.78, 5) is 4.22. The molecule has 0 aromatic carbocycles. The van der Waals surface area contributed by atoms with Crippen LogP contribution >= 0.6 is 0 Å². The average Bonchev–Trinajstić information content (AvgIpc) is 2.31. The summed E-state index contributed by atoms with van der Waals surface area (Å²) >= 11 is 0. The van der Waals surface area contributed by atoms with Gasteiger partial charge in [-0.05, 0) is 30.9 Å². The van der Waals surface area contributed by atoms with Gasteiger partial charge in [0, 0.05) is 6.21 Å². The Bertz CT molecular complexity index is 346. The molecule has 0 heterocycles. The lowest BCUT2D eigenvalue weighted by molar-refractivity contribution is 0.337. The summed E-state index contributed by atoms with van der Waals surface area (Å²) in [6.07, 6.45) is 11.9. The molecule has 0 aromatic rings. The predicted molar refractivity (Wildman–Crippen MR) is 64.9 cm³/mol. The van der Waals surface area contributed by atoms with E-state index in [1.807, 2.05) is 19.1 Å². The fourth-order valence-corrected chi connectivity index (χ4v) is 1.27. The molecule has 1 aliphatic rings. The minimum absolute atomic E-state index is 0.0160. The van der Waals surface area contributed by atoms with Crippen LogP contribution in [0, 0.1) is 0 Å². The molecule has 0 spiro atoms. The SMILES string of the molecule is C=C(N=C/C(=C\C)CO)C1=CCCC=C1. The topological polar surface area (TPSA) is 32.6 Å². The number of aliphatic imine (C=N–C) groups is 1. The van der Waals surface area contributed by atoms with E-state index in [1.165, 1.54) is 0 Å². The van der Waals surface area contributed by atoms with Crippen molar-refractivity contribution in [3.63, 3.8) is 0 Å². The maximum absolute atomic E-state index is 8.93. The van der Waals surface area contributed by atoms with Crippen molar-refractivity contribution < 1.29 is 5.11 Å². The number of nitrogens with zero attached hydrogens (tertiary/aromatic N) is 1. The lowest BCUT2D eigenvalue weighted by atomic mass is 10.1. The van der Waals surface area contributed by atoms with Gasteiger partial charge in [-0.15, -0.1) is 0 Å². The first-order valence-electron chi connectivity index (χ1n) is 5.14. The van der Waals surface area contributed by atoms with E-state index in [0.29, 0.717) is 0 Å². The van der Waals surface area contributed by atoms with E-state index in [0.717, 1.165) is 29.7 Å². The van der Waals surface area contributed by atoms with Crippen molar-refractivity contribution >= 4 is 6.21 Å². The molecule has 15 heavy (non-hydrogen) atoms. The van der Waals surface area contributed by atoms with E-state index >= 15 is 0 Å². The monoisotopic (exact) mass is 203 g/mol. The van der Waals surface area contributed by atoms with Crippen LogP contribution in [0.3, 0.4) is 0 Å². The van der Waals surface area contributed by atoms with Crippen LogP contribution < -0.4 is 0 Å². The summed E-state index contributed by atoms with van der Waals surface area (Å²) in [5, 5.41) is 8.93. The molecule has 0 bridgehead atoms. The maximum Gasteiger partial charge on any atom is 0.0693 e. The molecule has 0 saturated carbocycles. The lowest BCUT2D eigenvalue weighted by Crippen LogP contribution is -1.93. The Morgan fingerprint density at radius 1 is 1.60 bits per heavy atom. The summed E-state index contributed by atoms with van der Waals surface area (Å²) in [5.74, 6) is 0. The Balaban J connectivity index is 2.63. The molecule has 0 atom stereocenters. The van der Waals surface area contributed by atoms with Crippen molar-refractivity contribution in [2.45, 2.75) is 19.8 Å². The molecular formula is C13H17NO. The smallest absolute Gasteiger partial charge is 0.0693 e. The van der Waals surface area contributed by atoms with Crippen LogP contribution in [0.4, 0.5) is 0 Å². The summed E-state index contributed by atoms with van der Waals surface area (Å²) in [5.41, 5.74) is 2.63. The quantitative estimate of drug-likeness (QED) is 0.700. The van der Waals surface area contributed by atoms with Gasteiger partial charge in [0.1, 0.15) is 0 Å². The van der Waals surface area contributed by atoms with Gasteiger partial charge in [0.2, 0.25) is 0 Å². The van der Waals surface area contributed by atoms with Crippen LogP contribution in [-0.4, -0.2) is 17.9 Å². The molecule has 2 nitrogen and oxygen atoms in total. The van der Waals surface area contributed by atoms with Crippen molar-refractivity contribution in [1.82, 2.24) is 0 Å². The molecular weight excluding hydrogens is 186 g/mol. The Morgan fingerprint density at radius 2 is 2.40 bits per heavy atom. The molecule has 1 rings (SSSR count). The van der Waals surface area contributed by atoms with Gasteiger partial charge in [-0.2, -0.15) is 0 Å². The van der Waals surface area contributed by atoms with Gasteiger partial charge < -0.3 is 5.11 Å². The second-order valence-electron chi connectivity index (χ2n) is 3.37. The number of aliphatic hydroxyl groups is 1. The predicted octanol–water partition coefficient (Wildman–Crippen LogP) is 2.79. The third kappa shape index (κ3) is 3.68. The summed E-state index contributed by atoms with van der Waals surface area (Å²) in [6, 6.07) is 0. The Labute approximate surface area is 91.0 Å². The number of hydrogen-bond acceptors (Lipinski definition) is 2. The average molecular weight is 203 g/mol. The zero-order valence-electron chi connectivity index (χ0n) is 9.11. The molecule has 0 amide bonds. The zero-order valence-corrected chi connectivity index (χ0v) is 9.11.